The predicted octanol–water partition coefficient (Wildman–Crippen LogP) is 3.13. The van der Waals surface area contributed by atoms with Crippen molar-refractivity contribution in [1.29, 1.82) is 0 Å². The first-order valence-corrected chi connectivity index (χ1v) is 8.13. The van der Waals surface area contributed by atoms with Crippen molar-refractivity contribution in [3.8, 4) is 0 Å². The Morgan fingerprint density at radius 1 is 1.33 bits per heavy atom. The SMILES string of the molecule is CCC(C)C(N)c1nc(C(=O)N2CCCCCCC2)co1. The lowest BCUT2D eigenvalue weighted by atomic mass is 10.0. The van der Waals surface area contributed by atoms with Crippen LogP contribution >= 0.6 is 0 Å². The van der Waals surface area contributed by atoms with Gasteiger partial charge in [-0.15, -0.1) is 0 Å². The molecule has 0 saturated carbocycles. The number of hydrogen-bond donors (Lipinski definition) is 1. The van der Waals surface area contributed by atoms with E-state index >= 15 is 0 Å². The van der Waals surface area contributed by atoms with Crippen LogP contribution in [0.3, 0.4) is 0 Å². The summed E-state index contributed by atoms with van der Waals surface area (Å²) in [5.41, 5.74) is 6.50. The third-order valence-electron chi connectivity index (χ3n) is 4.43. The summed E-state index contributed by atoms with van der Waals surface area (Å²) in [6, 6.07) is -0.246. The van der Waals surface area contributed by atoms with Gasteiger partial charge in [-0.3, -0.25) is 4.79 Å². The maximum absolute atomic E-state index is 12.5. The standard InChI is InChI=1S/C16H27N3O2/c1-3-12(2)14(17)15-18-13(11-21-15)16(20)19-9-7-5-4-6-8-10-19/h11-12,14H,3-10,17H2,1-2H3. The van der Waals surface area contributed by atoms with Gasteiger partial charge < -0.3 is 15.1 Å². The fourth-order valence-electron chi connectivity index (χ4n) is 2.65. The minimum absolute atomic E-state index is 0.0248. The van der Waals surface area contributed by atoms with Crippen molar-refractivity contribution in [3.63, 3.8) is 0 Å². The monoisotopic (exact) mass is 293 g/mol. The summed E-state index contributed by atoms with van der Waals surface area (Å²) in [4.78, 5) is 18.7. The number of carbonyl (C=O) groups excluding carboxylic acids is 1. The van der Waals surface area contributed by atoms with Gasteiger partial charge in [0.2, 0.25) is 5.89 Å². The van der Waals surface area contributed by atoms with Gasteiger partial charge in [-0.2, -0.15) is 0 Å². The molecule has 1 aliphatic rings. The summed E-state index contributed by atoms with van der Waals surface area (Å²) in [6.45, 7) is 5.78. The lowest BCUT2D eigenvalue weighted by molar-refractivity contribution is 0.0736. The van der Waals surface area contributed by atoms with E-state index in [1.54, 1.807) is 0 Å². The molecule has 1 fully saturated rings. The molecule has 1 aromatic rings. The molecule has 5 heteroatoms. The lowest BCUT2D eigenvalue weighted by Crippen LogP contribution is -2.34. The molecule has 2 atom stereocenters. The van der Waals surface area contributed by atoms with Crippen LogP contribution < -0.4 is 5.73 Å². The Bertz CT molecular complexity index is 450. The van der Waals surface area contributed by atoms with Gasteiger partial charge in [0.05, 0.1) is 6.04 Å². The second-order valence-corrected chi connectivity index (χ2v) is 6.04. The number of likely N-dealkylation sites (tertiary alicyclic amines) is 1. The first-order valence-electron chi connectivity index (χ1n) is 8.13. The molecular weight excluding hydrogens is 266 g/mol. The van der Waals surface area contributed by atoms with Crippen LogP contribution in [-0.2, 0) is 0 Å². The molecule has 0 aliphatic carbocycles. The van der Waals surface area contributed by atoms with Crippen molar-refractivity contribution in [2.75, 3.05) is 13.1 Å². The number of hydrogen-bond acceptors (Lipinski definition) is 4. The molecule has 2 heterocycles. The van der Waals surface area contributed by atoms with Gasteiger partial charge in [0.1, 0.15) is 6.26 Å². The highest BCUT2D eigenvalue weighted by Gasteiger charge is 2.23. The molecule has 2 unspecified atom stereocenters. The van der Waals surface area contributed by atoms with Gasteiger partial charge in [-0.25, -0.2) is 4.98 Å². The summed E-state index contributed by atoms with van der Waals surface area (Å²) in [7, 11) is 0. The molecule has 2 rings (SSSR count). The second kappa shape index (κ2) is 7.59. The number of carbonyl (C=O) groups is 1. The number of aromatic nitrogens is 1. The summed E-state index contributed by atoms with van der Waals surface area (Å²) in [5.74, 6) is 0.733. The number of amides is 1. The van der Waals surface area contributed by atoms with Crippen LogP contribution in [0, 0.1) is 5.92 Å². The third kappa shape index (κ3) is 4.06. The average Bonchev–Trinajstić information content (AvgIpc) is 2.94. The van der Waals surface area contributed by atoms with Crippen molar-refractivity contribution in [2.45, 2.75) is 58.4 Å². The number of nitrogens with zero attached hydrogens (tertiary/aromatic N) is 2. The van der Waals surface area contributed by atoms with Crippen molar-refractivity contribution in [3.05, 3.63) is 17.8 Å². The van der Waals surface area contributed by atoms with Gasteiger partial charge in [0.15, 0.2) is 5.69 Å². The van der Waals surface area contributed by atoms with Crippen LogP contribution in [0.2, 0.25) is 0 Å². The zero-order valence-corrected chi connectivity index (χ0v) is 13.2. The molecule has 1 saturated heterocycles. The van der Waals surface area contributed by atoms with Crippen LogP contribution in [-0.4, -0.2) is 28.9 Å². The Morgan fingerprint density at radius 2 is 1.95 bits per heavy atom. The Balaban J connectivity index is 2.03. The Kier molecular flexibility index (Phi) is 5.79. The van der Waals surface area contributed by atoms with Gasteiger partial charge >= 0.3 is 0 Å². The normalized spacial score (nSPS) is 19.7. The van der Waals surface area contributed by atoms with Crippen molar-refractivity contribution in [1.82, 2.24) is 9.88 Å². The molecule has 0 aromatic carbocycles. The number of rotatable bonds is 4. The number of nitrogens with two attached hydrogens (primary N) is 1. The molecule has 2 N–H and O–H groups in total. The van der Waals surface area contributed by atoms with E-state index in [2.05, 4.69) is 18.8 Å². The van der Waals surface area contributed by atoms with E-state index in [-0.39, 0.29) is 17.9 Å². The molecule has 21 heavy (non-hydrogen) atoms. The fourth-order valence-corrected chi connectivity index (χ4v) is 2.65. The van der Waals surface area contributed by atoms with Gasteiger partial charge in [0.25, 0.3) is 5.91 Å². The van der Waals surface area contributed by atoms with Crippen LogP contribution in [0.5, 0.6) is 0 Å². The van der Waals surface area contributed by atoms with Crippen molar-refractivity contribution >= 4 is 5.91 Å². The van der Waals surface area contributed by atoms with E-state index in [9.17, 15) is 4.79 Å². The zero-order valence-electron chi connectivity index (χ0n) is 13.2. The minimum Gasteiger partial charge on any atom is -0.446 e. The third-order valence-corrected chi connectivity index (χ3v) is 4.43. The van der Waals surface area contributed by atoms with E-state index in [1.807, 2.05) is 4.90 Å². The molecule has 0 bridgehead atoms. The average molecular weight is 293 g/mol. The van der Waals surface area contributed by atoms with E-state index in [4.69, 9.17) is 10.2 Å². The first kappa shape index (κ1) is 16.0. The number of oxazole rings is 1. The van der Waals surface area contributed by atoms with Gasteiger partial charge in [-0.05, 0) is 18.8 Å². The van der Waals surface area contributed by atoms with Crippen LogP contribution in [0.15, 0.2) is 10.7 Å². The van der Waals surface area contributed by atoms with E-state index in [1.165, 1.54) is 25.5 Å². The van der Waals surface area contributed by atoms with Gasteiger partial charge in [0, 0.05) is 13.1 Å². The summed E-state index contributed by atoms with van der Waals surface area (Å²) >= 11 is 0. The van der Waals surface area contributed by atoms with Crippen LogP contribution in [0.1, 0.15) is 74.8 Å². The molecule has 0 radical (unpaired) electrons. The smallest absolute Gasteiger partial charge is 0.275 e. The highest BCUT2D eigenvalue weighted by Crippen LogP contribution is 2.22. The van der Waals surface area contributed by atoms with Crippen molar-refractivity contribution < 1.29 is 9.21 Å². The molecule has 1 aromatic heterocycles. The molecule has 1 aliphatic heterocycles. The highest BCUT2D eigenvalue weighted by molar-refractivity contribution is 5.92. The maximum Gasteiger partial charge on any atom is 0.275 e. The Morgan fingerprint density at radius 3 is 2.57 bits per heavy atom. The largest absolute Gasteiger partial charge is 0.446 e. The Hall–Kier alpha value is -1.36. The molecular formula is C16H27N3O2. The predicted molar refractivity (Wildman–Crippen MR) is 81.9 cm³/mol. The van der Waals surface area contributed by atoms with E-state index in [0.717, 1.165) is 32.4 Å². The van der Waals surface area contributed by atoms with Gasteiger partial charge in [-0.1, -0.05) is 39.5 Å². The highest BCUT2D eigenvalue weighted by atomic mass is 16.3. The minimum atomic E-state index is -0.246. The summed E-state index contributed by atoms with van der Waals surface area (Å²) in [6.07, 6.45) is 8.24. The molecule has 5 nitrogen and oxygen atoms in total. The molecule has 0 spiro atoms. The molecule has 118 valence electrons. The quantitative estimate of drug-likeness (QED) is 0.925. The van der Waals surface area contributed by atoms with Crippen LogP contribution in [0.4, 0.5) is 0 Å². The first-order chi connectivity index (χ1) is 10.1. The Labute approximate surface area is 126 Å². The van der Waals surface area contributed by atoms with E-state index in [0.29, 0.717) is 11.6 Å². The lowest BCUT2D eigenvalue weighted by Gasteiger charge is -2.23. The van der Waals surface area contributed by atoms with Crippen LogP contribution in [0.25, 0.3) is 0 Å². The topological polar surface area (TPSA) is 72.4 Å². The van der Waals surface area contributed by atoms with E-state index < -0.39 is 0 Å². The fraction of sp³-hybridized carbons (Fsp3) is 0.750. The zero-order chi connectivity index (χ0) is 15.2. The maximum atomic E-state index is 12.5. The van der Waals surface area contributed by atoms with Crippen molar-refractivity contribution in [2.24, 2.45) is 11.7 Å². The summed E-state index contributed by atoms with van der Waals surface area (Å²) < 4.78 is 5.43. The summed E-state index contributed by atoms with van der Waals surface area (Å²) in [5, 5.41) is 0. The second-order valence-electron chi connectivity index (χ2n) is 6.04. The molecule has 1 amide bonds.